The van der Waals surface area contributed by atoms with Crippen LogP contribution in [-0.4, -0.2) is 36.9 Å². The van der Waals surface area contributed by atoms with E-state index >= 15 is 0 Å². The van der Waals surface area contributed by atoms with Gasteiger partial charge in [-0.2, -0.15) is 0 Å². The van der Waals surface area contributed by atoms with Crippen LogP contribution in [0.2, 0.25) is 0 Å². The number of carbonyl (C=O) groups is 1. The Balaban J connectivity index is 2.07. The Morgan fingerprint density at radius 3 is 2.39 bits per heavy atom. The summed E-state index contributed by atoms with van der Waals surface area (Å²) in [6, 6.07) is 4.07. The van der Waals surface area contributed by atoms with E-state index in [1.54, 1.807) is 36.4 Å². The van der Waals surface area contributed by atoms with Crippen molar-refractivity contribution in [1.29, 1.82) is 0 Å². The van der Waals surface area contributed by atoms with Crippen LogP contribution < -0.4 is 4.72 Å². The number of benzene rings is 1. The van der Waals surface area contributed by atoms with Crippen molar-refractivity contribution < 1.29 is 17.6 Å². The number of amides is 1. The molecular formula is C19H23BrFN3O3S. The number of carbonyl (C=O) groups excluding carboxylic acids is 1. The second-order valence-corrected chi connectivity index (χ2v) is 9.55. The molecule has 1 N–H and O–H groups in total. The third kappa shape index (κ3) is 3.82. The molecule has 28 heavy (non-hydrogen) atoms. The number of piperidine rings is 1. The first-order valence-electron chi connectivity index (χ1n) is 9.06. The standard InChI is InChI=1S/C19H23BrFN3O3S/c1-12-17(19(25)24-9-5-4-6-10-24)18(13(2)23(12)3)28(26,27)22-16-8-7-14(20)11-15(16)21/h7-8,11,22H,4-6,9-10H2,1-3H3. The fourth-order valence-electron chi connectivity index (χ4n) is 3.52. The van der Waals surface area contributed by atoms with Gasteiger partial charge in [-0.3, -0.25) is 9.52 Å². The maximum atomic E-state index is 14.2. The van der Waals surface area contributed by atoms with Crippen molar-refractivity contribution in [3.05, 3.63) is 45.4 Å². The zero-order valence-electron chi connectivity index (χ0n) is 16.1. The van der Waals surface area contributed by atoms with Gasteiger partial charge in [0.2, 0.25) is 0 Å². The summed E-state index contributed by atoms with van der Waals surface area (Å²) in [7, 11) is -2.45. The molecule has 2 heterocycles. The molecule has 0 aliphatic carbocycles. The van der Waals surface area contributed by atoms with Gasteiger partial charge in [0.1, 0.15) is 10.7 Å². The molecule has 1 aromatic carbocycles. The van der Waals surface area contributed by atoms with E-state index in [1.807, 2.05) is 0 Å². The van der Waals surface area contributed by atoms with Crippen LogP contribution in [0.4, 0.5) is 10.1 Å². The molecule has 1 aromatic heterocycles. The molecule has 6 nitrogen and oxygen atoms in total. The number of likely N-dealkylation sites (tertiary alicyclic amines) is 1. The lowest BCUT2D eigenvalue weighted by Crippen LogP contribution is -2.36. The summed E-state index contributed by atoms with van der Waals surface area (Å²) in [5.74, 6) is -0.996. The van der Waals surface area contributed by atoms with Crippen LogP contribution in [0.25, 0.3) is 0 Å². The molecule has 0 radical (unpaired) electrons. The average Bonchev–Trinajstić information content (AvgIpc) is 2.89. The molecule has 1 fully saturated rings. The summed E-state index contributed by atoms with van der Waals surface area (Å²) in [6.07, 6.45) is 2.87. The highest BCUT2D eigenvalue weighted by Crippen LogP contribution is 2.31. The highest BCUT2D eigenvalue weighted by atomic mass is 79.9. The van der Waals surface area contributed by atoms with Gasteiger partial charge in [0.15, 0.2) is 0 Å². The Morgan fingerprint density at radius 1 is 1.14 bits per heavy atom. The Kier molecular flexibility index (Phi) is 5.86. The second kappa shape index (κ2) is 7.87. The van der Waals surface area contributed by atoms with E-state index in [9.17, 15) is 17.6 Å². The number of hydrogen-bond acceptors (Lipinski definition) is 3. The number of anilines is 1. The number of halogens is 2. The van der Waals surface area contributed by atoms with Crippen molar-refractivity contribution >= 4 is 37.5 Å². The van der Waals surface area contributed by atoms with Crippen LogP contribution in [0, 0.1) is 19.7 Å². The Hall–Kier alpha value is -1.87. The largest absolute Gasteiger partial charge is 0.350 e. The van der Waals surface area contributed by atoms with Crippen molar-refractivity contribution in [3.8, 4) is 0 Å². The monoisotopic (exact) mass is 471 g/mol. The van der Waals surface area contributed by atoms with Crippen LogP contribution >= 0.6 is 15.9 Å². The second-order valence-electron chi connectivity index (χ2n) is 7.02. The van der Waals surface area contributed by atoms with Crippen molar-refractivity contribution in [2.24, 2.45) is 7.05 Å². The SMILES string of the molecule is Cc1c(C(=O)N2CCCCC2)c(S(=O)(=O)Nc2ccc(Br)cc2F)c(C)n1C. The number of aromatic nitrogens is 1. The topological polar surface area (TPSA) is 71.4 Å². The van der Waals surface area contributed by atoms with Crippen molar-refractivity contribution in [2.75, 3.05) is 17.8 Å². The van der Waals surface area contributed by atoms with E-state index in [0.29, 0.717) is 29.0 Å². The Morgan fingerprint density at radius 2 is 1.79 bits per heavy atom. The minimum Gasteiger partial charge on any atom is -0.350 e. The molecule has 9 heteroatoms. The lowest BCUT2D eigenvalue weighted by molar-refractivity contribution is 0.0720. The van der Waals surface area contributed by atoms with Gasteiger partial charge >= 0.3 is 0 Å². The van der Waals surface area contributed by atoms with Gasteiger partial charge in [0.25, 0.3) is 15.9 Å². The van der Waals surface area contributed by atoms with Gasteiger partial charge in [-0.1, -0.05) is 15.9 Å². The minimum atomic E-state index is -4.17. The maximum absolute atomic E-state index is 14.2. The summed E-state index contributed by atoms with van der Waals surface area (Å²) >= 11 is 3.15. The highest BCUT2D eigenvalue weighted by Gasteiger charge is 2.33. The summed E-state index contributed by atoms with van der Waals surface area (Å²) in [5, 5.41) is 0. The van der Waals surface area contributed by atoms with Crippen molar-refractivity contribution in [2.45, 2.75) is 38.0 Å². The molecule has 3 rings (SSSR count). The normalized spacial score (nSPS) is 15.0. The molecule has 1 amide bonds. The van der Waals surface area contributed by atoms with Gasteiger partial charge in [-0.05, 0) is 51.3 Å². The molecule has 0 spiro atoms. The van der Waals surface area contributed by atoms with Gasteiger partial charge in [-0.15, -0.1) is 0 Å². The van der Waals surface area contributed by atoms with E-state index < -0.39 is 15.8 Å². The number of rotatable bonds is 4. The summed E-state index contributed by atoms with van der Waals surface area (Å²) in [4.78, 5) is 14.8. The maximum Gasteiger partial charge on any atom is 0.264 e. The molecule has 1 saturated heterocycles. The first-order valence-corrected chi connectivity index (χ1v) is 11.3. The van der Waals surface area contributed by atoms with E-state index in [-0.39, 0.29) is 22.1 Å². The van der Waals surface area contributed by atoms with Crippen LogP contribution in [0.15, 0.2) is 27.6 Å². The lowest BCUT2D eigenvalue weighted by Gasteiger charge is -2.27. The number of nitrogens with one attached hydrogen (secondary N) is 1. The molecule has 0 atom stereocenters. The van der Waals surface area contributed by atoms with Crippen LogP contribution in [-0.2, 0) is 17.1 Å². The minimum absolute atomic E-state index is 0.0922. The molecule has 1 aliphatic heterocycles. The zero-order chi connectivity index (χ0) is 20.6. The Labute approximate surface area is 172 Å². The fraction of sp³-hybridized carbons (Fsp3) is 0.421. The predicted molar refractivity (Wildman–Crippen MR) is 110 cm³/mol. The summed E-state index contributed by atoms with van der Waals surface area (Å²) in [6.45, 7) is 4.59. The van der Waals surface area contributed by atoms with Gasteiger partial charge in [0.05, 0.1) is 11.3 Å². The highest BCUT2D eigenvalue weighted by molar-refractivity contribution is 9.10. The smallest absolute Gasteiger partial charge is 0.264 e. The van der Waals surface area contributed by atoms with E-state index in [4.69, 9.17) is 0 Å². The Bertz CT molecular complexity index is 1030. The fourth-order valence-corrected chi connectivity index (χ4v) is 5.44. The summed E-state index contributed by atoms with van der Waals surface area (Å²) in [5.41, 5.74) is 1.00. The third-order valence-corrected chi connectivity index (χ3v) is 7.24. The zero-order valence-corrected chi connectivity index (χ0v) is 18.5. The molecule has 2 aromatic rings. The lowest BCUT2D eigenvalue weighted by atomic mass is 10.1. The van der Waals surface area contributed by atoms with E-state index in [0.717, 1.165) is 19.3 Å². The molecule has 152 valence electrons. The van der Waals surface area contributed by atoms with Crippen molar-refractivity contribution in [3.63, 3.8) is 0 Å². The number of hydrogen-bond donors (Lipinski definition) is 1. The van der Waals surface area contributed by atoms with E-state index in [2.05, 4.69) is 20.7 Å². The third-order valence-electron chi connectivity index (χ3n) is 5.23. The van der Waals surface area contributed by atoms with Crippen LogP contribution in [0.3, 0.4) is 0 Å². The summed E-state index contributed by atoms with van der Waals surface area (Å²) < 4.78 is 45.0. The predicted octanol–water partition coefficient (Wildman–Crippen LogP) is 3.97. The van der Waals surface area contributed by atoms with Gasteiger partial charge in [0, 0.05) is 36.0 Å². The average molecular weight is 472 g/mol. The molecular weight excluding hydrogens is 449 g/mol. The quantitative estimate of drug-likeness (QED) is 0.732. The number of sulfonamides is 1. The van der Waals surface area contributed by atoms with Gasteiger partial charge < -0.3 is 9.47 Å². The molecule has 0 unspecified atom stereocenters. The van der Waals surface area contributed by atoms with Crippen LogP contribution in [0.1, 0.15) is 41.0 Å². The van der Waals surface area contributed by atoms with Crippen molar-refractivity contribution in [1.82, 2.24) is 9.47 Å². The molecule has 1 aliphatic rings. The van der Waals surface area contributed by atoms with E-state index in [1.165, 1.54) is 12.1 Å². The molecule has 0 bridgehead atoms. The van der Waals surface area contributed by atoms with Crippen LogP contribution in [0.5, 0.6) is 0 Å². The first-order chi connectivity index (χ1) is 13.1. The van der Waals surface area contributed by atoms with Gasteiger partial charge in [-0.25, -0.2) is 12.8 Å². The first kappa shape index (κ1) is 20.9. The number of nitrogens with zero attached hydrogens (tertiary/aromatic N) is 2. The molecule has 0 saturated carbocycles.